The van der Waals surface area contributed by atoms with Gasteiger partial charge in [-0.1, -0.05) is 0 Å². The third-order valence-electron chi connectivity index (χ3n) is 4.88. The molecule has 2 fully saturated rings. The number of carbonyl (C=O) groups is 1. The second kappa shape index (κ2) is 6.74. The number of piperidine rings is 1. The SMILES string of the molecule is O=C(c1ncccc1F)N1CCC(N(c2ccncn2)C2CC2)CC1. The van der Waals surface area contributed by atoms with Gasteiger partial charge in [0.1, 0.15) is 12.1 Å². The number of pyridine rings is 1. The van der Waals surface area contributed by atoms with Crippen molar-refractivity contribution in [3.8, 4) is 0 Å². The number of likely N-dealkylation sites (tertiary alicyclic amines) is 1. The molecule has 0 atom stereocenters. The standard InChI is InChI=1S/C18H20FN5O/c19-15-2-1-8-21-17(15)18(25)23-10-6-14(7-11-23)24(13-3-4-13)16-5-9-20-12-22-16/h1-2,5,8-9,12-14H,3-4,6-7,10-11H2. The molecule has 1 saturated heterocycles. The summed E-state index contributed by atoms with van der Waals surface area (Å²) in [6.07, 6.45) is 8.85. The first-order valence-corrected chi connectivity index (χ1v) is 8.68. The van der Waals surface area contributed by atoms with Gasteiger partial charge >= 0.3 is 0 Å². The number of halogens is 1. The molecule has 4 rings (SSSR count). The van der Waals surface area contributed by atoms with Gasteiger partial charge in [-0.15, -0.1) is 0 Å². The number of carbonyl (C=O) groups excluding carboxylic acids is 1. The molecule has 1 aliphatic heterocycles. The van der Waals surface area contributed by atoms with Crippen molar-refractivity contribution in [2.24, 2.45) is 0 Å². The van der Waals surface area contributed by atoms with Crippen LogP contribution in [0.1, 0.15) is 36.2 Å². The van der Waals surface area contributed by atoms with Crippen molar-refractivity contribution < 1.29 is 9.18 Å². The number of nitrogens with zero attached hydrogens (tertiary/aromatic N) is 5. The molecule has 7 heteroatoms. The zero-order chi connectivity index (χ0) is 17.2. The van der Waals surface area contributed by atoms with E-state index in [-0.39, 0.29) is 11.6 Å². The average molecular weight is 341 g/mol. The van der Waals surface area contributed by atoms with Crippen LogP contribution in [-0.2, 0) is 0 Å². The maximum atomic E-state index is 13.8. The largest absolute Gasteiger partial charge is 0.350 e. The van der Waals surface area contributed by atoms with Crippen LogP contribution in [0.15, 0.2) is 36.9 Å². The maximum absolute atomic E-state index is 13.8. The van der Waals surface area contributed by atoms with Gasteiger partial charge in [0, 0.05) is 37.6 Å². The molecule has 0 spiro atoms. The van der Waals surface area contributed by atoms with Crippen LogP contribution >= 0.6 is 0 Å². The van der Waals surface area contributed by atoms with Crippen molar-refractivity contribution in [3.63, 3.8) is 0 Å². The fourth-order valence-electron chi connectivity index (χ4n) is 3.50. The Morgan fingerprint density at radius 2 is 1.84 bits per heavy atom. The van der Waals surface area contributed by atoms with Crippen LogP contribution < -0.4 is 4.90 Å². The second-order valence-electron chi connectivity index (χ2n) is 6.56. The minimum absolute atomic E-state index is 0.0872. The topological polar surface area (TPSA) is 62.2 Å². The van der Waals surface area contributed by atoms with E-state index in [4.69, 9.17) is 0 Å². The van der Waals surface area contributed by atoms with E-state index in [9.17, 15) is 9.18 Å². The van der Waals surface area contributed by atoms with Crippen molar-refractivity contribution in [2.45, 2.75) is 37.8 Å². The van der Waals surface area contributed by atoms with Crippen LogP contribution in [0.25, 0.3) is 0 Å². The summed E-state index contributed by atoms with van der Waals surface area (Å²) < 4.78 is 13.8. The lowest BCUT2D eigenvalue weighted by Gasteiger charge is -2.39. The lowest BCUT2D eigenvalue weighted by molar-refractivity contribution is 0.0700. The minimum atomic E-state index is -0.560. The van der Waals surface area contributed by atoms with E-state index >= 15 is 0 Å². The maximum Gasteiger partial charge on any atom is 0.275 e. The third kappa shape index (κ3) is 3.31. The van der Waals surface area contributed by atoms with Gasteiger partial charge in [-0.25, -0.2) is 19.3 Å². The number of aromatic nitrogens is 3. The zero-order valence-electron chi connectivity index (χ0n) is 13.9. The van der Waals surface area contributed by atoms with E-state index in [2.05, 4.69) is 19.9 Å². The molecule has 0 radical (unpaired) electrons. The quantitative estimate of drug-likeness (QED) is 0.854. The van der Waals surface area contributed by atoms with E-state index in [0.717, 1.165) is 18.7 Å². The molecule has 2 aromatic heterocycles. The highest BCUT2D eigenvalue weighted by molar-refractivity contribution is 5.92. The van der Waals surface area contributed by atoms with Crippen LogP contribution in [-0.4, -0.2) is 50.9 Å². The first-order valence-electron chi connectivity index (χ1n) is 8.68. The third-order valence-corrected chi connectivity index (χ3v) is 4.88. The monoisotopic (exact) mass is 341 g/mol. The Morgan fingerprint density at radius 1 is 1.08 bits per heavy atom. The lowest BCUT2D eigenvalue weighted by Crippen LogP contribution is -2.48. The minimum Gasteiger partial charge on any atom is -0.350 e. The van der Waals surface area contributed by atoms with Gasteiger partial charge in [0.25, 0.3) is 5.91 Å². The molecule has 1 aliphatic carbocycles. The van der Waals surface area contributed by atoms with E-state index in [0.29, 0.717) is 25.2 Å². The van der Waals surface area contributed by atoms with Gasteiger partial charge in [-0.3, -0.25) is 4.79 Å². The summed E-state index contributed by atoms with van der Waals surface area (Å²) in [5, 5.41) is 0. The number of amides is 1. The summed E-state index contributed by atoms with van der Waals surface area (Å²) in [7, 11) is 0. The summed E-state index contributed by atoms with van der Waals surface area (Å²) in [4.78, 5) is 28.9. The van der Waals surface area contributed by atoms with Gasteiger partial charge in [-0.05, 0) is 43.9 Å². The Hall–Kier alpha value is -2.57. The Balaban J connectivity index is 1.44. The highest BCUT2D eigenvalue weighted by Gasteiger charge is 2.37. The van der Waals surface area contributed by atoms with Crippen molar-refractivity contribution in [3.05, 3.63) is 48.4 Å². The molecule has 1 amide bonds. The molecule has 2 aliphatic rings. The lowest BCUT2D eigenvalue weighted by atomic mass is 10.0. The summed E-state index contributed by atoms with van der Waals surface area (Å²) in [5.41, 5.74) is -0.0872. The Labute approximate surface area is 145 Å². The molecule has 0 unspecified atom stereocenters. The molecule has 1 saturated carbocycles. The van der Waals surface area contributed by atoms with Gasteiger partial charge < -0.3 is 9.80 Å². The molecule has 0 bridgehead atoms. The molecule has 3 heterocycles. The first-order chi connectivity index (χ1) is 12.2. The Kier molecular flexibility index (Phi) is 4.29. The van der Waals surface area contributed by atoms with Crippen LogP contribution in [0.4, 0.5) is 10.2 Å². The highest BCUT2D eigenvalue weighted by atomic mass is 19.1. The normalized spacial score (nSPS) is 18.2. The van der Waals surface area contributed by atoms with Crippen molar-refractivity contribution in [2.75, 3.05) is 18.0 Å². The van der Waals surface area contributed by atoms with Crippen molar-refractivity contribution in [1.29, 1.82) is 0 Å². The van der Waals surface area contributed by atoms with Crippen molar-refractivity contribution >= 4 is 11.7 Å². The zero-order valence-corrected chi connectivity index (χ0v) is 13.9. The average Bonchev–Trinajstić information content (AvgIpc) is 3.48. The van der Waals surface area contributed by atoms with Crippen LogP contribution in [0.5, 0.6) is 0 Å². The van der Waals surface area contributed by atoms with Crippen LogP contribution in [0.2, 0.25) is 0 Å². The van der Waals surface area contributed by atoms with E-state index in [1.165, 1.54) is 31.2 Å². The molecule has 130 valence electrons. The summed E-state index contributed by atoms with van der Waals surface area (Å²) in [5.74, 6) is 0.0739. The smallest absolute Gasteiger partial charge is 0.275 e. The molecule has 0 aromatic carbocycles. The Bertz CT molecular complexity index is 744. The number of rotatable bonds is 4. The Morgan fingerprint density at radius 3 is 2.48 bits per heavy atom. The predicted molar refractivity (Wildman–Crippen MR) is 90.7 cm³/mol. The van der Waals surface area contributed by atoms with E-state index in [1.54, 1.807) is 17.4 Å². The number of hydrogen-bond donors (Lipinski definition) is 0. The molecular formula is C18H20FN5O. The fraction of sp³-hybridized carbons (Fsp3) is 0.444. The summed E-state index contributed by atoms with van der Waals surface area (Å²) in [6.45, 7) is 1.21. The number of anilines is 1. The predicted octanol–water partition coefficient (Wildman–Crippen LogP) is 2.28. The van der Waals surface area contributed by atoms with Gasteiger partial charge in [0.2, 0.25) is 0 Å². The van der Waals surface area contributed by atoms with E-state index in [1.807, 2.05) is 6.07 Å². The van der Waals surface area contributed by atoms with Crippen LogP contribution in [0.3, 0.4) is 0 Å². The van der Waals surface area contributed by atoms with Gasteiger partial charge in [0.15, 0.2) is 11.5 Å². The molecule has 6 nitrogen and oxygen atoms in total. The molecular weight excluding hydrogens is 321 g/mol. The van der Waals surface area contributed by atoms with Crippen molar-refractivity contribution in [1.82, 2.24) is 19.9 Å². The second-order valence-corrected chi connectivity index (χ2v) is 6.56. The van der Waals surface area contributed by atoms with Crippen LogP contribution in [0, 0.1) is 5.82 Å². The first kappa shape index (κ1) is 15.9. The van der Waals surface area contributed by atoms with E-state index < -0.39 is 5.82 Å². The number of hydrogen-bond acceptors (Lipinski definition) is 5. The van der Waals surface area contributed by atoms with Gasteiger partial charge in [-0.2, -0.15) is 0 Å². The summed E-state index contributed by atoms with van der Waals surface area (Å²) >= 11 is 0. The highest BCUT2D eigenvalue weighted by Crippen LogP contribution is 2.35. The molecule has 0 N–H and O–H groups in total. The fourth-order valence-corrected chi connectivity index (χ4v) is 3.50. The summed E-state index contributed by atoms with van der Waals surface area (Å²) in [6, 6.07) is 5.60. The molecule has 25 heavy (non-hydrogen) atoms. The van der Waals surface area contributed by atoms with Gasteiger partial charge in [0.05, 0.1) is 0 Å². The molecule has 2 aromatic rings.